The van der Waals surface area contributed by atoms with Crippen molar-refractivity contribution in [1.82, 2.24) is 0 Å². The molecular formula is C31H40O9. The summed E-state index contributed by atoms with van der Waals surface area (Å²) in [7, 11) is 2.67. The van der Waals surface area contributed by atoms with Gasteiger partial charge in [0.1, 0.15) is 12.7 Å². The van der Waals surface area contributed by atoms with Crippen LogP contribution in [0.1, 0.15) is 66.2 Å². The topological polar surface area (TPSA) is 122 Å². The predicted molar refractivity (Wildman–Crippen MR) is 141 cm³/mol. The van der Waals surface area contributed by atoms with E-state index in [1.165, 1.54) is 28.1 Å². The van der Waals surface area contributed by atoms with Gasteiger partial charge in [0.2, 0.25) is 0 Å². The van der Waals surface area contributed by atoms with E-state index in [0.29, 0.717) is 38.5 Å². The molecule has 0 aromatic carbocycles. The number of ketones is 1. The molecule has 0 aliphatic heterocycles. The van der Waals surface area contributed by atoms with Gasteiger partial charge in [-0.25, -0.2) is 0 Å². The van der Waals surface area contributed by atoms with E-state index in [1.807, 2.05) is 0 Å². The van der Waals surface area contributed by atoms with Gasteiger partial charge in [-0.3, -0.25) is 24.0 Å². The number of methoxy groups -OCH3 is 2. The number of allylic oxidation sites excluding steroid dienone is 4. The number of hydrogen-bond acceptors (Lipinski definition) is 9. The highest BCUT2D eigenvalue weighted by atomic mass is 16.5. The van der Waals surface area contributed by atoms with Gasteiger partial charge >= 0.3 is 23.9 Å². The Morgan fingerprint density at radius 2 is 1.57 bits per heavy atom. The summed E-state index contributed by atoms with van der Waals surface area (Å²) in [6.45, 7) is 6.66. The minimum atomic E-state index is -0.864. The van der Waals surface area contributed by atoms with Gasteiger partial charge in [-0.2, -0.15) is 0 Å². The summed E-state index contributed by atoms with van der Waals surface area (Å²) in [5.74, 6) is -4.16. The number of Topliss-reactive ketones (excluding diaryl/α,β-unsaturated/α-hetero) is 1. The number of ether oxygens (including phenoxy) is 4. The molecule has 9 nitrogen and oxygen atoms in total. The largest absolute Gasteiger partial charge is 0.469 e. The van der Waals surface area contributed by atoms with Gasteiger partial charge in [-0.15, -0.1) is 0 Å². The van der Waals surface area contributed by atoms with Crippen LogP contribution in [0.25, 0.3) is 0 Å². The highest BCUT2D eigenvalue weighted by Crippen LogP contribution is 2.80. The van der Waals surface area contributed by atoms with E-state index >= 15 is 0 Å². The van der Waals surface area contributed by atoms with Crippen LogP contribution >= 0.6 is 0 Å². The Morgan fingerprint density at radius 3 is 2.20 bits per heavy atom. The molecule has 0 aromatic heterocycles. The molecule has 9 unspecified atom stereocenters. The Labute approximate surface area is 235 Å². The van der Waals surface area contributed by atoms with Gasteiger partial charge in [-0.05, 0) is 55.3 Å². The Balaban J connectivity index is 1.69. The second-order valence-corrected chi connectivity index (χ2v) is 12.9. The number of carbonyl (C=O) groups is 5. The Bertz CT molecular complexity index is 1220. The Kier molecular flexibility index (Phi) is 6.82. The number of fused-ring (bicyclic) bond motifs is 2. The molecule has 6 rings (SSSR count). The second kappa shape index (κ2) is 9.55. The zero-order valence-corrected chi connectivity index (χ0v) is 24.2. The van der Waals surface area contributed by atoms with Crippen molar-refractivity contribution < 1.29 is 42.9 Å². The molecule has 0 radical (unpaired) electrons. The van der Waals surface area contributed by atoms with Crippen molar-refractivity contribution in [2.45, 2.75) is 72.3 Å². The van der Waals surface area contributed by atoms with Crippen molar-refractivity contribution >= 4 is 29.7 Å². The molecule has 0 N–H and O–H groups in total. The normalized spacial score (nSPS) is 42.5. The number of hydrogen-bond donors (Lipinski definition) is 0. The van der Waals surface area contributed by atoms with Crippen molar-refractivity contribution in [2.75, 3.05) is 20.8 Å². The molecule has 6 aliphatic carbocycles. The lowest BCUT2D eigenvalue weighted by atomic mass is 9.30. The molecular weight excluding hydrogens is 516 g/mol. The molecule has 0 saturated heterocycles. The lowest BCUT2D eigenvalue weighted by Crippen LogP contribution is -2.71. The molecule has 218 valence electrons. The average molecular weight is 557 g/mol. The fourth-order valence-electron chi connectivity index (χ4n) is 9.91. The van der Waals surface area contributed by atoms with Gasteiger partial charge in [0, 0.05) is 30.6 Å². The predicted octanol–water partition coefficient (Wildman–Crippen LogP) is 3.74. The quantitative estimate of drug-likeness (QED) is 0.274. The lowest BCUT2D eigenvalue weighted by molar-refractivity contribution is -0.201. The first-order valence-electron chi connectivity index (χ1n) is 14.2. The van der Waals surface area contributed by atoms with Crippen molar-refractivity contribution in [2.24, 2.45) is 45.3 Å². The average Bonchev–Trinajstić information content (AvgIpc) is 3.27. The van der Waals surface area contributed by atoms with E-state index in [-0.39, 0.29) is 30.2 Å². The van der Waals surface area contributed by atoms with E-state index in [1.54, 1.807) is 0 Å². The molecule has 9 heteroatoms. The van der Waals surface area contributed by atoms with Crippen LogP contribution in [0.4, 0.5) is 0 Å². The first kappa shape index (κ1) is 28.6. The maximum atomic E-state index is 13.9. The Hall–Kier alpha value is -2.97. The van der Waals surface area contributed by atoms with Gasteiger partial charge in [0.25, 0.3) is 0 Å². The van der Waals surface area contributed by atoms with Crippen LogP contribution in [0.5, 0.6) is 0 Å². The lowest BCUT2D eigenvalue weighted by Gasteiger charge is -2.72. The number of carbonyl (C=O) groups excluding carboxylic acids is 5. The summed E-state index contributed by atoms with van der Waals surface area (Å²) in [4.78, 5) is 64.4. The molecule has 0 aromatic rings. The minimum Gasteiger partial charge on any atom is -0.469 e. The van der Waals surface area contributed by atoms with E-state index in [0.717, 1.165) is 5.57 Å². The standard InChI is InChI=1S/C31H40O9/c1-17(32)39-16-21(34)20-7-8-22-28(20,3)11-10-23-29(4)12-9-19(40-18(2)33)15-30(29)13-14-31(22,23)25(27(36)38-6)24(30)26(35)37-5/h10,13-14,19-20,22,24-25H,7-9,11-12,15-16H2,1-6H3. The van der Waals surface area contributed by atoms with Crippen molar-refractivity contribution in [3.8, 4) is 0 Å². The van der Waals surface area contributed by atoms with E-state index in [9.17, 15) is 24.0 Å². The van der Waals surface area contributed by atoms with Crippen molar-refractivity contribution in [3.63, 3.8) is 0 Å². The fourth-order valence-corrected chi connectivity index (χ4v) is 9.91. The van der Waals surface area contributed by atoms with E-state index in [4.69, 9.17) is 18.9 Å². The third kappa shape index (κ3) is 3.61. The summed E-state index contributed by atoms with van der Waals surface area (Å²) in [6.07, 6.45) is 9.64. The highest BCUT2D eigenvalue weighted by molar-refractivity contribution is 5.88. The molecule has 3 saturated carbocycles. The number of rotatable bonds is 6. The van der Waals surface area contributed by atoms with Crippen LogP contribution < -0.4 is 0 Å². The molecule has 3 fully saturated rings. The van der Waals surface area contributed by atoms with Crippen LogP contribution in [-0.4, -0.2) is 56.6 Å². The molecule has 6 aliphatic rings. The number of esters is 4. The fraction of sp³-hybridized carbons (Fsp3) is 0.710. The first-order valence-corrected chi connectivity index (χ1v) is 14.2. The van der Waals surface area contributed by atoms with E-state index in [2.05, 4.69) is 32.1 Å². The van der Waals surface area contributed by atoms with Crippen LogP contribution in [0.3, 0.4) is 0 Å². The second-order valence-electron chi connectivity index (χ2n) is 12.9. The zero-order chi connectivity index (χ0) is 29.3. The van der Waals surface area contributed by atoms with Gasteiger partial charge < -0.3 is 18.9 Å². The van der Waals surface area contributed by atoms with Crippen molar-refractivity contribution in [3.05, 3.63) is 23.8 Å². The van der Waals surface area contributed by atoms with Gasteiger partial charge in [0.05, 0.1) is 26.1 Å². The van der Waals surface area contributed by atoms with Gasteiger partial charge in [-0.1, -0.05) is 37.6 Å². The SMILES string of the molecule is COC(=O)C1C(C(=O)OC)C23C=CC14C(=CCC1(C)C(C(=O)COC(C)=O)CCC14)C2(C)CCC(OC(C)=O)C3. The van der Waals surface area contributed by atoms with E-state index < -0.39 is 57.5 Å². The highest BCUT2D eigenvalue weighted by Gasteiger charge is 2.78. The van der Waals surface area contributed by atoms with Crippen LogP contribution in [-0.2, 0) is 42.9 Å². The molecule has 2 bridgehead atoms. The summed E-state index contributed by atoms with van der Waals surface area (Å²) in [6, 6.07) is 0. The van der Waals surface area contributed by atoms with Crippen LogP contribution in [0, 0.1) is 45.3 Å². The van der Waals surface area contributed by atoms with Crippen molar-refractivity contribution in [1.29, 1.82) is 0 Å². The molecule has 9 atom stereocenters. The van der Waals surface area contributed by atoms with Crippen LogP contribution in [0.15, 0.2) is 23.8 Å². The molecule has 40 heavy (non-hydrogen) atoms. The third-order valence-electron chi connectivity index (χ3n) is 11.4. The molecule has 0 amide bonds. The monoisotopic (exact) mass is 556 g/mol. The van der Waals surface area contributed by atoms with Gasteiger partial charge in [0.15, 0.2) is 5.78 Å². The minimum absolute atomic E-state index is 0.120. The molecule has 0 heterocycles. The summed E-state index contributed by atoms with van der Waals surface area (Å²) < 4.78 is 21.6. The summed E-state index contributed by atoms with van der Waals surface area (Å²) in [5.41, 5.74) is -1.55. The summed E-state index contributed by atoms with van der Waals surface area (Å²) in [5, 5.41) is 0. The zero-order valence-electron chi connectivity index (χ0n) is 24.2. The molecule has 2 spiro atoms. The van der Waals surface area contributed by atoms with Crippen LogP contribution in [0.2, 0.25) is 0 Å². The third-order valence-corrected chi connectivity index (χ3v) is 11.4. The first-order chi connectivity index (χ1) is 18.8. The smallest absolute Gasteiger partial charge is 0.310 e. The maximum Gasteiger partial charge on any atom is 0.310 e. The summed E-state index contributed by atoms with van der Waals surface area (Å²) >= 11 is 0. The Morgan fingerprint density at radius 1 is 0.900 bits per heavy atom. The maximum absolute atomic E-state index is 13.9.